The van der Waals surface area contributed by atoms with Gasteiger partial charge in [-0.05, 0) is 56.9 Å². The molecule has 3 nitrogen and oxygen atoms in total. The van der Waals surface area contributed by atoms with Crippen molar-refractivity contribution in [3.05, 3.63) is 132 Å². The lowest BCUT2D eigenvalue weighted by Crippen LogP contribution is -2.07. The minimum Gasteiger partial charge on any atom is -0.403 e. The van der Waals surface area contributed by atoms with E-state index >= 15 is 0 Å². The van der Waals surface area contributed by atoms with Gasteiger partial charge in [0.1, 0.15) is 11.2 Å². The molecule has 1 aliphatic heterocycles. The van der Waals surface area contributed by atoms with Gasteiger partial charge in [0.2, 0.25) is 0 Å². The summed E-state index contributed by atoms with van der Waals surface area (Å²) in [5, 5.41) is 6.82. The molecule has 180 valence electrons. The molecule has 0 saturated carbocycles. The largest absolute Gasteiger partial charge is 0.403 e. The molecule has 7 aromatic rings. The van der Waals surface area contributed by atoms with Crippen LogP contribution in [0.1, 0.15) is 11.1 Å². The Labute approximate surface area is 220 Å². The molecule has 1 aromatic heterocycles. The zero-order valence-corrected chi connectivity index (χ0v) is 21.3. The third-order valence-corrected chi connectivity index (χ3v) is 8.78. The van der Waals surface area contributed by atoms with Crippen LogP contribution in [0.4, 0.5) is 11.4 Å². The van der Waals surface area contributed by atoms with Gasteiger partial charge in [0.15, 0.2) is 0 Å². The van der Waals surface area contributed by atoms with Gasteiger partial charge >= 0.3 is 8.16 Å². The standard InChI is InChI=1S/C34H22NO2P/c1-5-13-27-23(9-1)19-21-31-33(27)34-28-14-6-2-10-24(28)20-22-32(34)37-38(36-31)35-29-15-7-3-11-25(29)17-18-26-12-4-8-16-30(26)35/h1-22H. The minimum absolute atomic E-state index is 0.831. The van der Waals surface area contributed by atoms with E-state index in [2.05, 4.69) is 138 Å². The van der Waals surface area contributed by atoms with Crippen molar-refractivity contribution in [2.24, 2.45) is 0 Å². The van der Waals surface area contributed by atoms with Crippen LogP contribution in [0.25, 0.3) is 55.6 Å². The van der Waals surface area contributed by atoms with Crippen LogP contribution in [-0.2, 0) is 0 Å². The van der Waals surface area contributed by atoms with Crippen LogP contribution in [0.3, 0.4) is 0 Å². The average Bonchev–Trinajstić information content (AvgIpc) is 3.25. The van der Waals surface area contributed by atoms with Crippen molar-refractivity contribution in [2.45, 2.75) is 0 Å². The zero-order valence-electron chi connectivity index (χ0n) is 20.4. The van der Waals surface area contributed by atoms with E-state index in [1.807, 2.05) is 0 Å². The van der Waals surface area contributed by atoms with Crippen LogP contribution >= 0.6 is 8.16 Å². The van der Waals surface area contributed by atoms with E-state index in [0.29, 0.717) is 0 Å². The van der Waals surface area contributed by atoms with Crippen LogP contribution in [0.5, 0.6) is 0 Å². The second-order valence-electron chi connectivity index (χ2n) is 9.50. The summed E-state index contributed by atoms with van der Waals surface area (Å²) in [6.45, 7) is 0. The molecule has 6 aromatic carbocycles. The first-order valence-electron chi connectivity index (χ1n) is 12.7. The molecule has 0 fully saturated rings. The molecule has 1 aliphatic rings. The van der Waals surface area contributed by atoms with Gasteiger partial charge in [0.25, 0.3) is 0 Å². The Morgan fingerprint density at radius 3 is 1.42 bits per heavy atom. The number of anilines is 2. The lowest BCUT2D eigenvalue weighted by atomic mass is 9.99. The van der Waals surface area contributed by atoms with Gasteiger partial charge in [-0.15, -0.1) is 0 Å². The van der Waals surface area contributed by atoms with E-state index in [-0.39, 0.29) is 0 Å². The summed E-state index contributed by atoms with van der Waals surface area (Å²) in [7, 11) is -1.60. The fraction of sp³-hybridized carbons (Fsp3) is 0. The molecule has 0 atom stereocenters. The summed E-state index contributed by atoms with van der Waals surface area (Å²) in [4.78, 5) is 0. The maximum Gasteiger partial charge on any atom is 0.346 e. The molecule has 8 rings (SSSR count). The molecule has 0 amide bonds. The van der Waals surface area contributed by atoms with E-state index in [9.17, 15) is 0 Å². The van der Waals surface area contributed by atoms with E-state index in [4.69, 9.17) is 8.39 Å². The molecule has 0 spiro atoms. The highest BCUT2D eigenvalue weighted by molar-refractivity contribution is 7.40. The monoisotopic (exact) mass is 507 g/mol. The predicted octanol–water partition coefficient (Wildman–Crippen LogP) is 10.7. The van der Waals surface area contributed by atoms with Crippen molar-refractivity contribution in [1.29, 1.82) is 0 Å². The first kappa shape index (κ1) is 21.4. The molecule has 0 radical (unpaired) electrons. The number of hydrogen-bond donors (Lipinski definition) is 0. The van der Waals surface area contributed by atoms with Gasteiger partial charge in [-0.25, -0.2) is 4.67 Å². The summed E-state index contributed by atoms with van der Waals surface area (Å²) < 4.78 is 16.1. The molecule has 2 heterocycles. The Balaban J connectivity index is 1.58. The molecule has 4 heteroatoms. The van der Waals surface area contributed by atoms with E-state index in [1.54, 1.807) is 0 Å². The van der Waals surface area contributed by atoms with Crippen molar-refractivity contribution in [3.8, 4) is 0 Å². The van der Waals surface area contributed by atoms with Crippen molar-refractivity contribution in [1.82, 2.24) is 0 Å². The maximum absolute atomic E-state index is 6.95. The number of rotatable bonds is 1. The van der Waals surface area contributed by atoms with Gasteiger partial charge in [0.05, 0.1) is 11.4 Å². The molecular formula is C34H22NO2P. The molecule has 0 unspecified atom stereocenters. The normalized spacial score (nSPS) is 12.6. The van der Waals surface area contributed by atoms with Crippen LogP contribution in [-0.4, -0.2) is 0 Å². The van der Waals surface area contributed by atoms with E-state index in [0.717, 1.165) is 55.2 Å². The minimum atomic E-state index is -1.60. The Kier molecular flexibility index (Phi) is 4.73. The highest BCUT2D eigenvalue weighted by Crippen LogP contribution is 2.50. The fourth-order valence-corrected chi connectivity index (χ4v) is 7.13. The summed E-state index contributed by atoms with van der Waals surface area (Å²) in [6.07, 6.45) is 4.34. The van der Waals surface area contributed by atoms with Crippen molar-refractivity contribution < 1.29 is 8.39 Å². The third-order valence-electron chi connectivity index (χ3n) is 7.32. The lowest BCUT2D eigenvalue weighted by molar-refractivity contribution is 0.640. The highest BCUT2D eigenvalue weighted by Gasteiger charge is 2.24. The van der Waals surface area contributed by atoms with Gasteiger partial charge in [-0.2, -0.15) is 0 Å². The molecule has 38 heavy (non-hydrogen) atoms. The Bertz CT molecular complexity index is 1960. The molecular weight excluding hydrogens is 485 g/mol. The molecule has 0 bridgehead atoms. The Morgan fingerprint density at radius 2 is 0.895 bits per heavy atom. The summed E-state index contributed by atoms with van der Waals surface area (Å²) in [5.41, 5.74) is 6.03. The predicted molar refractivity (Wildman–Crippen MR) is 161 cm³/mol. The van der Waals surface area contributed by atoms with Crippen LogP contribution in [0.2, 0.25) is 0 Å². The molecule has 0 saturated heterocycles. The number of para-hydroxylation sites is 2. The molecule has 0 N–H and O–H groups in total. The van der Waals surface area contributed by atoms with Gasteiger partial charge in [0, 0.05) is 10.8 Å². The quantitative estimate of drug-likeness (QED) is 0.221. The average molecular weight is 508 g/mol. The number of hydrogen-bond acceptors (Lipinski definition) is 3. The zero-order chi connectivity index (χ0) is 25.1. The summed E-state index contributed by atoms with van der Waals surface area (Å²) >= 11 is 0. The lowest BCUT2D eigenvalue weighted by Gasteiger charge is -2.23. The van der Waals surface area contributed by atoms with Crippen LogP contribution in [0, 0.1) is 0 Å². The van der Waals surface area contributed by atoms with E-state index in [1.165, 1.54) is 10.8 Å². The fourth-order valence-electron chi connectivity index (χ4n) is 5.57. The molecule has 0 aliphatic carbocycles. The second kappa shape index (κ2) is 8.41. The number of nitrogens with zero attached hydrogens (tertiary/aromatic N) is 1. The van der Waals surface area contributed by atoms with Gasteiger partial charge < -0.3 is 8.39 Å². The Hall–Kier alpha value is -4.72. The van der Waals surface area contributed by atoms with Crippen LogP contribution in [0.15, 0.2) is 130 Å². The van der Waals surface area contributed by atoms with Crippen molar-refractivity contribution in [3.63, 3.8) is 0 Å². The van der Waals surface area contributed by atoms with Crippen molar-refractivity contribution >= 4 is 75.2 Å². The van der Waals surface area contributed by atoms with Gasteiger partial charge in [-0.1, -0.05) is 109 Å². The second-order valence-corrected chi connectivity index (χ2v) is 10.7. The van der Waals surface area contributed by atoms with Crippen molar-refractivity contribution in [2.75, 3.05) is 4.67 Å². The SMILES string of the molecule is C1=Cc2ccccc2N(p2oc3ccc4ccccc4c3c3c(ccc4ccccc43)o2)c2ccccc21. The summed E-state index contributed by atoms with van der Waals surface area (Å²) in [5.74, 6) is 0. The third kappa shape index (κ3) is 3.23. The van der Waals surface area contributed by atoms with E-state index < -0.39 is 8.16 Å². The first-order valence-corrected chi connectivity index (χ1v) is 13.8. The van der Waals surface area contributed by atoms with Gasteiger partial charge in [-0.3, -0.25) is 0 Å². The summed E-state index contributed by atoms with van der Waals surface area (Å²) in [6, 6.07) is 42.3. The topological polar surface area (TPSA) is 29.5 Å². The first-order chi connectivity index (χ1) is 18.8. The van der Waals surface area contributed by atoms with Crippen LogP contribution < -0.4 is 4.67 Å². The number of benzene rings is 6. The highest BCUT2D eigenvalue weighted by atomic mass is 31.1. The number of fused-ring (bicyclic) bond motifs is 9. The maximum atomic E-state index is 6.95. The smallest absolute Gasteiger partial charge is 0.346 e. The Morgan fingerprint density at radius 1 is 0.447 bits per heavy atom.